The minimum absolute atomic E-state index is 0.302. The molecule has 0 spiro atoms. The lowest BCUT2D eigenvalue weighted by Crippen LogP contribution is -1.91. The van der Waals surface area contributed by atoms with Crippen LogP contribution in [0.3, 0.4) is 0 Å². The lowest BCUT2D eigenvalue weighted by molar-refractivity contribution is 0.535. The number of nitrogens with zero attached hydrogens (tertiary/aromatic N) is 4. The molecule has 0 aliphatic rings. The molecule has 4 rings (SSSR count). The van der Waals surface area contributed by atoms with Crippen molar-refractivity contribution < 1.29 is 8.81 Å². The van der Waals surface area contributed by atoms with E-state index in [0.29, 0.717) is 21.4 Å². The van der Waals surface area contributed by atoms with Crippen molar-refractivity contribution in [2.24, 2.45) is 0 Å². The molecule has 104 valence electrons. The fourth-order valence-corrected chi connectivity index (χ4v) is 3.01. The van der Waals surface area contributed by atoms with Gasteiger partial charge in [-0.2, -0.15) is 9.61 Å². The van der Waals surface area contributed by atoms with Gasteiger partial charge in [-0.3, -0.25) is 0 Å². The van der Waals surface area contributed by atoms with Crippen LogP contribution >= 0.6 is 11.3 Å². The van der Waals surface area contributed by atoms with Gasteiger partial charge >= 0.3 is 0 Å². The maximum atomic E-state index is 13.9. The van der Waals surface area contributed by atoms with Crippen LogP contribution in [-0.2, 0) is 0 Å². The summed E-state index contributed by atoms with van der Waals surface area (Å²) in [7, 11) is 0. The predicted molar refractivity (Wildman–Crippen MR) is 76.5 cm³/mol. The molecule has 1 aromatic carbocycles. The Kier molecular flexibility index (Phi) is 2.61. The largest absolute Gasteiger partial charge is 0.469 e. The van der Waals surface area contributed by atoms with E-state index in [1.807, 2.05) is 13.0 Å². The zero-order valence-corrected chi connectivity index (χ0v) is 11.8. The maximum absolute atomic E-state index is 13.9. The molecule has 0 atom stereocenters. The summed E-state index contributed by atoms with van der Waals surface area (Å²) in [5.74, 6) is 1.03. The number of aromatic nitrogens is 4. The van der Waals surface area contributed by atoms with Crippen LogP contribution < -0.4 is 0 Å². The summed E-state index contributed by atoms with van der Waals surface area (Å²) in [5.41, 5.74) is 1.29. The van der Waals surface area contributed by atoms with Crippen LogP contribution in [0.25, 0.3) is 26.9 Å². The SMILES string of the molecule is Cc1occc1-c1nnc2sc(-c3ccccc3F)nn12. The average molecular weight is 300 g/mol. The van der Waals surface area contributed by atoms with Gasteiger partial charge in [-0.25, -0.2) is 4.39 Å². The molecule has 5 nitrogen and oxygen atoms in total. The standard InChI is InChI=1S/C14H9FN4OS/c1-8-9(6-7-20-8)12-16-17-14-19(12)18-13(21-14)10-4-2-3-5-11(10)15/h2-7H,1H3. The third-order valence-corrected chi connectivity index (χ3v) is 4.13. The van der Waals surface area contributed by atoms with Gasteiger partial charge in [-0.05, 0) is 25.1 Å². The van der Waals surface area contributed by atoms with Crippen molar-refractivity contribution in [3.63, 3.8) is 0 Å². The first-order valence-corrected chi connectivity index (χ1v) is 7.07. The molecule has 0 fully saturated rings. The monoisotopic (exact) mass is 300 g/mol. The normalized spacial score (nSPS) is 11.3. The Morgan fingerprint density at radius 3 is 2.76 bits per heavy atom. The second-order valence-corrected chi connectivity index (χ2v) is 5.45. The Hall–Kier alpha value is -2.54. The maximum Gasteiger partial charge on any atom is 0.235 e. The van der Waals surface area contributed by atoms with Crippen molar-refractivity contribution in [1.82, 2.24) is 19.8 Å². The van der Waals surface area contributed by atoms with Crippen molar-refractivity contribution in [3.05, 3.63) is 48.2 Å². The molecule has 0 aliphatic carbocycles. The molecule has 0 bridgehead atoms. The van der Waals surface area contributed by atoms with E-state index >= 15 is 0 Å². The van der Waals surface area contributed by atoms with E-state index in [9.17, 15) is 4.39 Å². The molecule has 0 unspecified atom stereocenters. The van der Waals surface area contributed by atoms with Crippen molar-refractivity contribution in [3.8, 4) is 22.0 Å². The van der Waals surface area contributed by atoms with Gasteiger partial charge in [-0.15, -0.1) is 10.2 Å². The van der Waals surface area contributed by atoms with Gasteiger partial charge in [-0.1, -0.05) is 23.5 Å². The van der Waals surface area contributed by atoms with E-state index in [2.05, 4.69) is 15.3 Å². The topological polar surface area (TPSA) is 56.2 Å². The molecule has 0 radical (unpaired) electrons. The fourth-order valence-electron chi connectivity index (χ4n) is 2.15. The number of halogens is 1. The molecular formula is C14H9FN4OS. The van der Waals surface area contributed by atoms with Gasteiger partial charge in [0.25, 0.3) is 0 Å². The van der Waals surface area contributed by atoms with E-state index in [-0.39, 0.29) is 5.82 Å². The smallest absolute Gasteiger partial charge is 0.235 e. The molecule has 4 aromatic rings. The third kappa shape index (κ3) is 1.85. The molecule has 0 N–H and O–H groups in total. The highest BCUT2D eigenvalue weighted by Gasteiger charge is 2.18. The van der Waals surface area contributed by atoms with Crippen LogP contribution in [0.4, 0.5) is 4.39 Å². The Bertz CT molecular complexity index is 939. The van der Waals surface area contributed by atoms with Crippen LogP contribution in [0, 0.1) is 12.7 Å². The molecule has 0 saturated heterocycles. The van der Waals surface area contributed by atoms with Crippen molar-refractivity contribution >= 4 is 16.3 Å². The average Bonchev–Trinajstić information content (AvgIpc) is 3.14. The number of rotatable bonds is 2. The zero-order valence-electron chi connectivity index (χ0n) is 10.9. The summed E-state index contributed by atoms with van der Waals surface area (Å²) in [6, 6.07) is 8.36. The minimum atomic E-state index is -0.302. The molecule has 0 aliphatic heterocycles. The lowest BCUT2D eigenvalue weighted by Gasteiger charge is -1.97. The van der Waals surface area contributed by atoms with Gasteiger partial charge in [0.2, 0.25) is 4.96 Å². The van der Waals surface area contributed by atoms with E-state index in [1.165, 1.54) is 17.4 Å². The first-order chi connectivity index (χ1) is 10.2. The Balaban J connectivity index is 1.91. The van der Waals surface area contributed by atoms with E-state index in [1.54, 1.807) is 29.0 Å². The first-order valence-electron chi connectivity index (χ1n) is 6.25. The molecule has 7 heteroatoms. The minimum Gasteiger partial charge on any atom is -0.469 e. The Morgan fingerprint density at radius 2 is 2.00 bits per heavy atom. The van der Waals surface area contributed by atoms with E-state index in [0.717, 1.165) is 11.3 Å². The Labute approximate surface area is 122 Å². The van der Waals surface area contributed by atoms with Crippen molar-refractivity contribution in [2.45, 2.75) is 6.92 Å². The molecule has 21 heavy (non-hydrogen) atoms. The molecule has 0 saturated carbocycles. The zero-order chi connectivity index (χ0) is 14.4. The Morgan fingerprint density at radius 1 is 1.14 bits per heavy atom. The van der Waals surface area contributed by atoms with Crippen LogP contribution in [0.1, 0.15) is 5.76 Å². The van der Waals surface area contributed by atoms with Gasteiger partial charge in [0.15, 0.2) is 10.8 Å². The van der Waals surface area contributed by atoms with Gasteiger partial charge in [0.05, 0.1) is 11.8 Å². The number of benzene rings is 1. The highest BCUT2D eigenvalue weighted by Crippen LogP contribution is 2.30. The fraction of sp³-hybridized carbons (Fsp3) is 0.0714. The van der Waals surface area contributed by atoms with Crippen LogP contribution in [0.2, 0.25) is 0 Å². The summed E-state index contributed by atoms with van der Waals surface area (Å²) >= 11 is 1.30. The van der Waals surface area contributed by atoms with Gasteiger partial charge < -0.3 is 4.42 Å². The van der Waals surface area contributed by atoms with Crippen molar-refractivity contribution in [1.29, 1.82) is 0 Å². The second kappa shape index (κ2) is 4.49. The number of hydrogen-bond donors (Lipinski definition) is 0. The summed E-state index contributed by atoms with van der Waals surface area (Å²) < 4.78 is 20.8. The predicted octanol–water partition coefficient (Wildman–Crippen LogP) is 3.56. The van der Waals surface area contributed by atoms with Crippen LogP contribution in [0.15, 0.2) is 41.0 Å². The summed E-state index contributed by atoms with van der Waals surface area (Å²) in [4.78, 5) is 0.615. The molecule has 3 aromatic heterocycles. The summed E-state index contributed by atoms with van der Waals surface area (Å²) in [5, 5.41) is 13.2. The first kappa shape index (κ1) is 12.2. The lowest BCUT2D eigenvalue weighted by atomic mass is 10.2. The van der Waals surface area contributed by atoms with Crippen LogP contribution in [-0.4, -0.2) is 19.8 Å². The third-order valence-electron chi connectivity index (χ3n) is 3.19. The number of hydrogen-bond acceptors (Lipinski definition) is 5. The molecule has 0 amide bonds. The van der Waals surface area contributed by atoms with Gasteiger partial charge in [0.1, 0.15) is 11.6 Å². The van der Waals surface area contributed by atoms with E-state index in [4.69, 9.17) is 4.42 Å². The number of aryl methyl sites for hydroxylation is 1. The van der Waals surface area contributed by atoms with E-state index < -0.39 is 0 Å². The number of fused-ring (bicyclic) bond motifs is 1. The molecule has 3 heterocycles. The molecular weight excluding hydrogens is 291 g/mol. The quantitative estimate of drug-likeness (QED) is 0.568. The van der Waals surface area contributed by atoms with Crippen LogP contribution in [0.5, 0.6) is 0 Å². The highest BCUT2D eigenvalue weighted by molar-refractivity contribution is 7.19. The highest BCUT2D eigenvalue weighted by atomic mass is 32.1. The summed E-state index contributed by atoms with van der Waals surface area (Å²) in [6.07, 6.45) is 1.59. The van der Waals surface area contributed by atoms with Gasteiger partial charge in [0, 0.05) is 5.56 Å². The number of furan rings is 1. The summed E-state index contributed by atoms with van der Waals surface area (Å²) in [6.45, 7) is 1.85. The second-order valence-electron chi connectivity index (χ2n) is 4.50. The van der Waals surface area contributed by atoms with Crippen molar-refractivity contribution in [2.75, 3.05) is 0 Å².